The molecule has 0 unspecified atom stereocenters. The van der Waals surface area contributed by atoms with Gasteiger partial charge in [0.2, 0.25) is 0 Å². The molecule has 126 valence electrons. The molecule has 1 aromatic rings. The van der Waals surface area contributed by atoms with Crippen LogP contribution in [0.4, 0.5) is 4.79 Å². The standard InChI is InChI=1S/C16H25N5O2/c1-16(2,3)23-15(22)21-10-8-20(9-11-21)14(17)19-12-13-6-4-5-7-18-13/h4-7H,8-12H2,1-3H3,(H2,17,19). The number of ether oxygens (including phenoxy) is 1. The summed E-state index contributed by atoms with van der Waals surface area (Å²) in [7, 11) is 0. The largest absolute Gasteiger partial charge is 0.444 e. The number of hydrogen-bond donors (Lipinski definition) is 1. The summed E-state index contributed by atoms with van der Waals surface area (Å²) >= 11 is 0. The lowest BCUT2D eigenvalue weighted by Gasteiger charge is -2.36. The van der Waals surface area contributed by atoms with Crippen molar-refractivity contribution in [1.82, 2.24) is 14.8 Å². The van der Waals surface area contributed by atoms with Crippen LogP contribution in [-0.2, 0) is 11.3 Å². The van der Waals surface area contributed by atoms with Gasteiger partial charge in [-0.25, -0.2) is 9.79 Å². The zero-order valence-corrected chi connectivity index (χ0v) is 14.0. The van der Waals surface area contributed by atoms with Crippen LogP contribution in [0.15, 0.2) is 29.4 Å². The molecule has 0 aromatic carbocycles. The lowest BCUT2D eigenvalue weighted by Crippen LogP contribution is -2.53. The van der Waals surface area contributed by atoms with Gasteiger partial charge in [-0.3, -0.25) is 4.98 Å². The van der Waals surface area contributed by atoms with Crippen molar-refractivity contribution in [2.75, 3.05) is 26.2 Å². The molecule has 0 spiro atoms. The third-order valence-electron chi connectivity index (χ3n) is 3.38. The predicted octanol–water partition coefficient (Wildman–Crippen LogP) is 1.45. The topological polar surface area (TPSA) is 84.0 Å². The van der Waals surface area contributed by atoms with E-state index in [9.17, 15) is 4.79 Å². The van der Waals surface area contributed by atoms with E-state index in [1.54, 1.807) is 11.1 Å². The minimum atomic E-state index is -0.475. The van der Waals surface area contributed by atoms with Gasteiger partial charge in [0.15, 0.2) is 5.96 Å². The first-order valence-electron chi connectivity index (χ1n) is 7.78. The van der Waals surface area contributed by atoms with Crippen LogP contribution in [0.2, 0.25) is 0 Å². The molecular formula is C16H25N5O2. The summed E-state index contributed by atoms with van der Waals surface area (Å²) in [5.41, 5.74) is 6.44. The van der Waals surface area contributed by atoms with E-state index in [4.69, 9.17) is 10.5 Å². The zero-order valence-electron chi connectivity index (χ0n) is 14.0. The highest BCUT2D eigenvalue weighted by Crippen LogP contribution is 2.11. The molecule has 1 aliphatic heterocycles. The zero-order chi connectivity index (χ0) is 16.9. The van der Waals surface area contributed by atoms with Crippen LogP contribution in [0.3, 0.4) is 0 Å². The van der Waals surface area contributed by atoms with Crippen LogP contribution in [0.25, 0.3) is 0 Å². The predicted molar refractivity (Wildman–Crippen MR) is 88.9 cm³/mol. The molecule has 2 N–H and O–H groups in total. The third-order valence-corrected chi connectivity index (χ3v) is 3.38. The second-order valence-corrected chi connectivity index (χ2v) is 6.45. The molecular weight excluding hydrogens is 294 g/mol. The number of rotatable bonds is 2. The summed E-state index contributed by atoms with van der Waals surface area (Å²) in [4.78, 5) is 24.3. The summed E-state index contributed by atoms with van der Waals surface area (Å²) in [6.07, 6.45) is 1.46. The first-order valence-corrected chi connectivity index (χ1v) is 7.78. The van der Waals surface area contributed by atoms with Gasteiger partial charge in [-0.2, -0.15) is 0 Å². The fraction of sp³-hybridized carbons (Fsp3) is 0.562. The molecule has 2 heterocycles. The Hall–Kier alpha value is -2.31. The Labute approximate surface area is 137 Å². The molecule has 7 nitrogen and oxygen atoms in total. The van der Waals surface area contributed by atoms with Gasteiger partial charge in [-0.05, 0) is 32.9 Å². The molecule has 2 rings (SSSR count). The fourth-order valence-electron chi connectivity index (χ4n) is 2.20. The number of pyridine rings is 1. The average molecular weight is 319 g/mol. The minimum absolute atomic E-state index is 0.277. The molecule has 1 aromatic heterocycles. The van der Waals surface area contributed by atoms with Gasteiger partial charge in [0.25, 0.3) is 0 Å². The second-order valence-electron chi connectivity index (χ2n) is 6.45. The maximum atomic E-state index is 12.0. The molecule has 1 fully saturated rings. The van der Waals surface area contributed by atoms with E-state index in [-0.39, 0.29) is 6.09 Å². The van der Waals surface area contributed by atoms with E-state index in [0.717, 1.165) is 5.69 Å². The number of carbonyl (C=O) groups is 1. The van der Waals surface area contributed by atoms with Crippen molar-refractivity contribution in [2.24, 2.45) is 10.7 Å². The van der Waals surface area contributed by atoms with Crippen molar-refractivity contribution in [1.29, 1.82) is 0 Å². The van der Waals surface area contributed by atoms with Gasteiger partial charge < -0.3 is 20.3 Å². The number of amides is 1. The molecule has 7 heteroatoms. The number of aromatic nitrogens is 1. The third kappa shape index (κ3) is 5.43. The number of carbonyl (C=O) groups excluding carboxylic acids is 1. The first-order chi connectivity index (χ1) is 10.8. The number of piperazine rings is 1. The Kier molecular flexibility index (Phi) is 5.41. The van der Waals surface area contributed by atoms with Crippen molar-refractivity contribution in [3.63, 3.8) is 0 Å². The quantitative estimate of drug-likeness (QED) is 0.659. The Morgan fingerprint density at radius 1 is 1.26 bits per heavy atom. The molecule has 0 aliphatic carbocycles. The summed E-state index contributed by atoms with van der Waals surface area (Å²) in [5.74, 6) is 0.486. The molecule has 0 radical (unpaired) electrons. The SMILES string of the molecule is CC(C)(C)OC(=O)N1CCN(C(N)=NCc2ccccn2)CC1. The van der Waals surface area contributed by atoms with Crippen LogP contribution < -0.4 is 5.73 Å². The summed E-state index contributed by atoms with van der Waals surface area (Å²) in [6, 6.07) is 5.71. The number of aliphatic imine (C=N–C) groups is 1. The maximum Gasteiger partial charge on any atom is 0.410 e. The van der Waals surface area contributed by atoms with Gasteiger partial charge in [0, 0.05) is 32.4 Å². The van der Waals surface area contributed by atoms with E-state index in [2.05, 4.69) is 9.98 Å². The van der Waals surface area contributed by atoms with Crippen LogP contribution in [0, 0.1) is 0 Å². The molecule has 1 aliphatic rings. The van der Waals surface area contributed by atoms with Crippen molar-refractivity contribution < 1.29 is 9.53 Å². The van der Waals surface area contributed by atoms with Crippen LogP contribution in [0.1, 0.15) is 26.5 Å². The molecule has 1 saturated heterocycles. The minimum Gasteiger partial charge on any atom is -0.444 e. The summed E-state index contributed by atoms with van der Waals surface area (Å²) in [5, 5.41) is 0. The molecule has 23 heavy (non-hydrogen) atoms. The van der Waals surface area contributed by atoms with E-state index >= 15 is 0 Å². The molecule has 1 amide bonds. The van der Waals surface area contributed by atoms with Crippen LogP contribution in [-0.4, -0.2) is 58.6 Å². The fourth-order valence-corrected chi connectivity index (χ4v) is 2.20. The van der Waals surface area contributed by atoms with Crippen LogP contribution in [0.5, 0.6) is 0 Å². The number of hydrogen-bond acceptors (Lipinski definition) is 4. The van der Waals surface area contributed by atoms with Gasteiger partial charge in [-0.15, -0.1) is 0 Å². The smallest absolute Gasteiger partial charge is 0.410 e. The highest BCUT2D eigenvalue weighted by atomic mass is 16.6. The summed E-state index contributed by atoms with van der Waals surface area (Å²) < 4.78 is 5.38. The van der Waals surface area contributed by atoms with E-state index in [1.807, 2.05) is 43.9 Å². The van der Waals surface area contributed by atoms with Crippen molar-refractivity contribution in [2.45, 2.75) is 32.9 Å². The Morgan fingerprint density at radius 3 is 2.48 bits per heavy atom. The van der Waals surface area contributed by atoms with Crippen molar-refractivity contribution >= 4 is 12.1 Å². The normalized spacial score (nSPS) is 16.4. The molecule has 0 saturated carbocycles. The van der Waals surface area contributed by atoms with Crippen molar-refractivity contribution in [3.05, 3.63) is 30.1 Å². The second kappa shape index (κ2) is 7.30. The van der Waals surface area contributed by atoms with Gasteiger partial charge in [0.1, 0.15) is 5.60 Å². The highest BCUT2D eigenvalue weighted by Gasteiger charge is 2.26. The van der Waals surface area contributed by atoms with Gasteiger partial charge >= 0.3 is 6.09 Å². The van der Waals surface area contributed by atoms with Crippen molar-refractivity contribution in [3.8, 4) is 0 Å². The lowest BCUT2D eigenvalue weighted by atomic mass is 10.2. The van der Waals surface area contributed by atoms with E-state index in [1.165, 1.54) is 0 Å². The molecule has 0 bridgehead atoms. The first kappa shape index (κ1) is 17.1. The number of guanidine groups is 1. The van der Waals surface area contributed by atoms with Gasteiger partial charge in [-0.1, -0.05) is 6.07 Å². The Morgan fingerprint density at radius 2 is 1.91 bits per heavy atom. The molecule has 0 atom stereocenters. The Bertz CT molecular complexity index is 545. The summed E-state index contributed by atoms with van der Waals surface area (Å²) in [6.45, 7) is 8.51. The van der Waals surface area contributed by atoms with E-state index < -0.39 is 5.60 Å². The maximum absolute atomic E-state index is 12.0. The number of nitrogens with two attached hydrogens (primary N) is 1. The van der Waals surface area contributed by atoms with Gasteiger partial charge in [0.05, 0.1) is 12.2 Å². The van der Waals surface area contributed by atoms with E-state index in [0.29, 0.717) is 38.7 Å². The monoisotopic (exact) mass is 319 g/mol. The number of nitrogens with zero attached hydrogens (tertiary/aromatic N) is 4. The highest BCUT2D eigenvalue weighted by molar-refractivity contribution is 5.78. The average Bonchev–Trinajstić information content (AvgIpc) is 2.52. The Balaban J connectivity index is 1.82. The lowest BCUT2D eigenvalue weighted by molar-refractivity contribution is 0.0186. The van der Waals surface area contributed by atoms with Crippen LogP contribution >= 0.6 is 0 Å².